The number of anilines is 1. The highest BCUT2D eigenvalue weighted by Crippen LogP contribution is 2.39. The number of likely N-dealkylation sites (tertiary alicyclic amines) is 1. The van der Waals surface area contributed by atoms with E-state index in [-0.39, 0.29) is 30.1 Å². The average molecular weight is 501 g/mol. The fourth-order valence-corrected chi connectivity index (χ4v) is 5.14. The number of hydrogen-bond acceptors (Lipinski definition) is 6. The zero-order valence-corrected chi connectivity index (χ0v) is 19.9. The van der Waals surface area contributed by atoms with Crippen molar-refractivity contribution >= 4 is 34.0 Å². The summed E-state index contributed by atoms with van der Waals surface area (Å²) in [6.07, 6.45) is 0.642. The van der Waals surface area contributed by atoms with E-state index in [0.717, 1.165) is 11.0 Å². The summed E-state index contributed by atoms with van der Waals surface area (Å²) < 4.78 is 41.3. The summed E-state index contributed by atoms with van der Waals surface area (Å²) in [6, 6.07) is 1.68. The molecule has 7 nitrogen and oxygen atoms in total. The van der Waals surface area contributed by atoms with Gasteiger partial charge in [0.05, 0.1) is 17.5 Å². The van der Waals surface area contributed by atoms with Crippen LogP contribution in [0.1, 0.15) is 55.3 Å². The number of thiophene rings is 1. The lowest BCUT2D eigenvalue weighted by atomic mass is 9.77. The Bertz CT molecular complexity index is 1050. The minimum absolute atomic E-state index is 0.00316. The number of halogens is 3. The van der Waals surface area contributed by atoms with Crippen LogP contribution in [-0.4, -0.2) is 52.7 Å². The number of carbonyl (C=O) groups is 3. The molecule has 11 heteroatoms. The molecule has 0 bridgehead atoms. The van der Waals surface area contributed by atoms with Gasteiger partial charge in [0.25, 0.3) is 0 Å². The highest BCUT2D eigenvalue weighted by Gasteiger charge is 2.44. The molecular weight excluding hydrogens is 473 g/mol. The molecule has 2 N–H and O–H groups in total. The molecule has 1 aliphatic heterocycles. The van der Waals surface area contributed by atoms with E-state index in [4.69, 9.17) is 0 Å². The van der Waals surface area contributed by atoms with Crippen molar-refractivity contribution in [3.8, 4) is 0 Å². The molecule has 2 aliphatic rings. The van der Waals surface area contributed by atoms with E-state index in [0.29, 0.717) is 30.8 Å². The molecule has 0 radical (unpaired) electrons. The Hall–Kier alpha value is -2.66. The monoisotopic (exact) mass is 500 g/mol. The van der Waals surface area contributed by atoms with Gasteiger partial charge in [-0.3, -0.25) is 19.3 Å². The molecule has 1 aromatic rings. The van der Waals surface area contributed by atoms with Crippen molar-refractivity contribution in [3.63, 3.8) is 0 Å². The van der Waals surface area contributed by atoms with Gasteiger partial charge in [-0.2, -0.15) is 0 Å². The normalized spacial score (nSPS) is 25.2. The smallest absolute Gasteiger partial charge is 0.480 e. The lowest BCUT2D eigenvalue weighted by Crippen LogP contribution is -2.50. The molecule has 186 valence electrons. The number of carboxylic acid groups (broad SMARTS) is 1. The highest BCUT2D eigenvalue weighted by molar-refractivity contribution is 7.16. The van der Waals surface area contributed by atoms with Crippen LogP contribution in [0.4, 0.5) is 18.2 Å². The number of ketones is 1. The quantitative estimate of drug-likeness (QED) is 0.500. The van der Waals surface area contributed by atoms with Crippen molar-refractivity contribution in [3.05, 3.63) is 40.5 Å². The number of nitrogens with zero attached hydrogens (tertiary/aromatic N) is 1. The lowest BCUT2D eigenvalue weighted by Gasteiger charge is -2.30. The van der Waals surface area contributed by atoms with Crippen molar-refractivity contribution in [2.75, 3.05) is 18.4 Å². The Morgan fingerprint density at radius 2 is 2.00 bits per heavy atom. The second-order valence-electron chi connectivity index (χ2n) is 8.90. The Morgan fingerprint density at radius 1 is 1.29 bits per heavy atom. The van der Waals surface area contributed by atoms with Gasteiger partial charge in [-0.1, -0.05) is 13.0 Å². The first kappa shape index (κ1) is 26.0. The van der Waals surface area contributed by atoms with Crippen molar-refractivity contribution < 1.29 is 37.4 Å². The predicted octanol–water partition coefficient (Wildman–Crippen LogP) is 4.76. The van der Waals surface area contributed by atoms with Crippen LogP contribution in [-0.2, 0) is 20.7 Å². The molecule has 1 aromatic heterocycles. The predicted molar refractivity (Wildman–Crippen MR) is 121 cm³/mol. The van der Waals surface area contributed by atoms with E-state index >= 15 is 0 Å². The van der Waals surface area contributed by atoms with Gasteiger partial charge in [-0.25, -0.2) is 0 Å². The Labute approximate surface area is 199 Å². The molecule has 2 heterocycles. The number of aryl methyl sites for hydroxylation is 1. The van der Waals surface area contributed by atoms with Crippen LogP contribution in [0.5, 0.6) is 0 Å². The van der Waals surface area contributed by atoms with E-state index in [9.17, 15) is 32.7 Å². The SMILES string of the molecule is CCc1cc(C(=O)C2(C)C=CC(OC(F)(F)F)=CC2)c(NC(=O)CN2CCCC2(C)C(=O)O)s1. The van der Waals surface area contributed by atoms with E-state index in [1.54, 1.807) is 24.8 Å². The third-order valence-corrected chi connectivity index (χ3v) is 7.50. The molecule has 1 fully saturated rings. The summed E-state index contributed by atoms with van der Waals surface area (Å²) in [5, 5.41) is 12.7. The Morgan fingerprint density at radius 3 is 2.56 bits per heavy atom. The molecule has 1 amide bonds. The van der Waals surface area contributed by atoms with Crippen molar-refractivity contribution in [2.45, 2.75) is 58.4 Å². The second-order valence-corrected chi connectivity index (χ2v) is 10.0. The zero-order valence-electron chi connectivity index (χ0n) is 19.1. The number of carboxylic acids is 1. The summed E-state index contributed by atoms with van der Waals surface area (Å²) in [5.74, 6) is -2.14. The fourth-order valence-electron chi connectivity index (χ4n) is 4.13. The third-order valence-electron chi connectivity index (χ3n) is 6.31. The van der Waals surface area contributed by atoms with Crippen LogP contribution < -0.4 is 5.32 Å². The average Bonchev–Trinajstić information content (AvgIpc) is 3.32. The topological polar surface area (TPSA) is 95.9 Å². The van der Waals surface area contributed by atoms with Crippen LogP contribution in [0.3, 0.4) is 0 Å². The minimum Gasteiger partial charge on any atom is -0.480 e. The summed E-state index contributed by atoms with van der Waals surface area (Å²) in [4.78, 5) is 40.3. The maximum atomic E-state index is 13.4. The first-order valence-corrected chi connectivity index (χ1v) is 11.7. The standard InChI is InChI=1S/C23H27F3N2O5S/c1-4-15-12-16(18(30)21(2)9-6-14(7-10-21)33-23(24,25)26)19(34-15)27-17(29)13-28-11-5-8-22(28,3)20(31)32/h6-7,9,12H,4-5,8,10-11,13H2,1-3H3,(H,27,29)(H,31,32). The van der Waals surface area contributed by atoms with Crippen molar-refractivity contribution in [1.82, 2.24) is 4.90 Å². The highest BCUT2D eigenvalue weighted by atomic mass is 32.1. The van der Waals surface area contributed by atoms with Gasteiger partial charge >= 0.3 is 12.3 Å². The van der Waals surface area contributed by atoms with Gasteiger partial charge in [-0.15, -0.1) is 24.5 Å². The van der Waals surface area contributed by atoms with Crippen molar-refractivity contribution in [1.29, 1.82) is 0 Å². The molecule has 0 spiro atoms. The number of alkyl halides is 3. The van der Waals surface area contributed by atoms with Crippen LogP contribution in [0.25, 0.3) is 0 Å². The van der Waals surface area contributed by atoms with Gasteiger partial charge in [0, 0.05) is 4.88 Å². The summed E-state index contributed by atoms with van der Waals surface area (Å²) in [6.45, 7) is 5.45. The maximum Gasteiger partial charge on any atom is 0.573 e. The van der Waals surface area contributed by atoms with Gasteiger partial charge in [-0.05, 0) is 64.3 Å². The molecule has 34 heavy (non-hydrogen) atoms. The van der Waals surface area contributed by atoms with Crippen LogP contribution in [0, 0.1) is 5.41 Å². The number of amides is 1. The van der Waals surface area contributed by atoms with Gasteiger partial charge in [0.15, 0.2) is 5.78 Å². The van der Waals surface area contributed by atoms with Gasteiger partial charge in [0.2, 0.25) is 5.91 Å². The number of allylic oxidation sites excluding steroid dienone is 3. The number of aliphatic carboxylic acids is 1. The molecule has 1 saturated heterocycles. The fraction of sp³-hybridized carbons (Fsp3) is 0.522. The summed E-state index contributed by atoms with van der Waals surface area (Å²) in [7, 11) is 0. The molecule has 0 saturated carbocycles. The molecule has 3 rings (SSSR count). The summed E-state index contributed by atoms with van der Waals surface area (Å²) >= 11 is 1.25. The van der Waals surface area contributed by atoms with Gasteiger partial charge < -0.3 is 15.2 Å². The number of ether oxygens (including phenoxy) is 1. The zero-order chi connectivity index (χ0) is 25.3. The number of hydrogen-bond donors (Lipinski definition) is 2. The number of nitrogens with one attached hydrogen (secondary N) is 1. The first-order chi connectivity index (χ1) is 15.8. The molecule has 1 aliphatic carbocycles. The lowest BCUT2D eigenvalue weighted by molar-refractivity contribution is -0.303. The van der Waals surface area contributed by atoms with E-state index in [1.165, 1.54) is 23.5 Å². The second kappa shape index (κ2) is 9.53. The van der Waals surface area contributed by atoms with E-state index in [1.807, 2.05) is 6.92 Å². The van der Waals surface area contributed by atoms with Gasteiger partial charge in [0.1, 0.15) is 16.3 Å². The molecule has 2 atom stereocenters. The van der Waals surface area contributed by atoms with E-state index < -0.39 is 29.2 Å². The van der Waals surface area contributed by atoms with Crippen LogP contribution in [0.2, 0.25) is 0 Å². The van der Waals surface area contributed by atoms with E-state index in [2.05, 4.69) is 10.1 Å². The largest absolute Gasteiger partial charge is 0.573 e. The van der Waals surface area contributed by atoms with Crippen LogP contribution in [0.15, 0.2) is 30.1 Å². The number of carbonyl (C=O) groups excluding carboxylic acids is 2. The third kappa shape index (κ3) is 5.52. The first-order valence-electron chi connectivity index (χ1n) is 10.9. The maximum absolute atomic E-state index is 13.4. The van der Waals surface area contributed by atoms with Crippen LogP contribution >= 0.6 is 11.3 Å². The Kier molecular flexibility index (Phi) is 7.28. The molecular formula is C23H27F3N2O5S. The van der Waals surface area contributed by atoms with Crippen molar-refractivity contribution in [2.24, 2.45) is 5.41 Å². The minimum atomic E-state index is -4.82. The summed E-state index contributed by atoms with van der Waals surface area (Å²) in [5.41, 5.74) is -1.96. The Balaban J connectivity index is 1.76. The molecule has 2 unspecified atom stereocenters. The molecule has 0 aromatic carbocycles. The number of rotatable bonds is 8. The number of Topliss-reactive ketones (excluding diaryl/α,β-unsaturated/α-hetero) is 1.